The second-order valence-electron chi connectivity index (χ2n) is 5.89. The Morgan fingerprint density at radius 3 is 2.70 bits per heavy atom. The number of hydrogen-bond donors (Lipinski definition) is 1. The van der Waals surface area contributed by atoms with Gasteiger partial charge in [-0.3, -0.25) is 9.78 Å². The highest BCUT2D eigenvalue weighted by molar-refractivity contribution is 7.17. The number of nitrogens with zero attached hydrogens (tertiary/aromatic N) is 1. The van der Waals surface area contributed by atoms with Crippen molar-refractivity contribution in [3.8, 4) is 5.75 Å². The molecule has 0 aliphatic heterocycles. The summed E-state index contributed by atoms with van der Waals surface area (Å²) in [6.07, 6.45) is 3.40. The van der Waals surface area contributed by atoms with Crippen molar-refractivity contribution < 1.29 is 14.6 Å². The van der Waals surface area contributed by atoms with E-state index in [1.165, 1.54) is 11.3 Å². The number of hydrogen-bond acceptors (Lipinski definition) is 5. The van der Waals surface area contributed by atoms with Crippen LogP contribution >= 0.6 is 11.3 Å². The summed E-state index contributed by atoms with van der Waals surface area (Å²) < 4.78 is 6.55. The zero-order chi connectivity index (χ0) is 16.4. The topological polar surface area (TPSA) is 59.4 Å². The van der Waals surface area contributed by atoms with Crippen LogP contribution in [0.4, 0.5) is 0 Å². The van der Waals surface area contributed by atoms with Crippen LogP contribution in [0.5, 0.6) is 5.75 Å². The zero-order valence-electron chi connectivity index (χ0n) is 12.9. The largest absolute Gasteiger partial charge is 0.424 e. The van der Waals surface area contributed by atoms with Gasteiger partial charge in [0.2, 0.25) is 0 Å². The van der Waals surface area contributed by atoms with Crippen molar-refractivity contribution in [2.75, 3.05) is 0 Å². The number of thiophene rings is 1. The molecule has 0 radical (unpaired) electrons. The number of esters is 1. The molecule has 0 bridgehead atoms. The summed E-state index contributed by atoms with van der Waals surface area (Å²) in [4.78, 5) is 16.8. The van der Waals surface area contributed by atoms with Crippen molar-refractivity contribution >= 4 is 27.4 Å². The molecule has 0 aliphatic rings. The lowest BCUT2D eigenvalue weighted by Gasteiger charge is -2.27. The molecule has 3 aromatic rings. The fourth-order valence-corrected chi connectivity index (χ4v) is 3.41. The quantitative estimate of drug-likeness (QED) is 0.741. The van der Waals surface area contributed by atoms with E-state index in [4.69, 9.17) is 4.74 Å². The minimum Gasteiger partial charge on any atom is -0.424 e. The lowest BCUT2D eigenvalue weighted by atomic mass is 9.85. The normalized spacial score (nSPS) is 13.0. The summed E-state index contributed by atoms with van der Waals surface area (Å²) in [5.41, 5.74) is -0.502. The SMILES string of the molecule is CC(C)(O)C(C(=O)Oc1csc2cnccc12)c1ccccc1. The standard InChI is InChI=1S/C18H17NO3S/c1-18(2,21)16(12-6-4-3-5-7-12)17(20)22-14-11-23-15-10-19-9-8-13(14)15/h3-11,16,21H,1-2H3. The Labute approximate surface area is 138 Å². The molecule has 5 heteroatoms. The number of ether oxygens (including phenoxy) is 1. The molecular weight excluding hydrogens is 310 g/mol. The number of rotatable bonds is 4. The fraction of sp³-hybridized carbons (Fsp3) is 0.222. The molecule has 23 heavy (non-hydrogen) atoms. The van der Waals surface area contributed by atoms with E-state index in [0.29, 0.717) is 5.75 Å². The molecule has 0 fully saturated rings. The van der Waals surface area contributed by atoms with Gasteiger partial charge < -0.3 is 9.84 Å². The van der Waals surface area contributed by atoms with Crippen LogP contribution in [0.1, 0.15) is 25.3 Å². The maximum atomic E-state index is 12.7. The Hall–Kier alpha value is -2.24. The Balaban J connectivity index is 1.93. The predicted octanol–water partition coefficient (Wildman–Crippen LogP) is 3.76. The lowest BCUT2D eigenvalue weighted by Crippen LogP contribution is -2.37. The maximum absolute atomic E-state index is 12.7. The predicted molar refractivity (Wildman–Crippen MR) is 90.7 cm³/mol. The lowest BCUT2D eigenvalue weighted by molar-refractivity contribution is -0.141. The summed E-state index contributed by atoms with van der Waals surface area (Å²) in [6.45, 7) is 3.23. The van der Waals surface area contributed by atoms with Gasteiger partial charge in [0, 0.05) is 23.2 Å². The highest BCUT2D eigenvalue weighted by Gasteiger charge is 2.36. The molecule has 1 atom stereocenters. The zero-order valence-corrected chi connectivity index (χ0v) is 13.7. The highest BCUT2D eigenvalue weighted by atomic mass is 32.1. The summed E-state index contributed by atoms with van der Waals surface area (Å²) >= 11 is 1.47. The smallest absolute Gasteiger partial charge is 0.321 e. The van der Waals surface area contributed by atoms with Crippen molar-refractivity contribution in [3.63, 3.8) is 0 Å². The van der Waals surface area contributed by atoms with Crippen molar-refractivity contribution in [2.45, 2.75) is 25.4 Å². The first-order chi connectivity index (χ1) is 11.0. The van der Waals surface area contributed by atoms with E-state index in [1.807, 2.05) is 36.4 Å². The molecule has 0 saturated carbocycles. The number of pyridine rings is 1. The molecule has 0 amide bonds. The molecule has 1 unspecified atom stereocenters. The molecule has 118 valence electrons. The van der Waals surface area contributed by atoms with E-state index < -0.39 is 17.5 Å². The van der Waals surface area contributed by atoms with Crippen molar-refractivity contribution in [3.05, 3.63) is 59.7 Å². The number of benzene rings is 1. The van der Waals surface area contributed by atoms with Crippen LogP contribution in [0.15, 0.2) is 54.2 Å². The minimum absolute atomic E-state index is 0.472. The van der Waals surface area contributed by atoms with Gasteiger partial charge >= 0.3 is 5.97 Å². The molecular formula is C18H17NO3S. The second-order valence-corrected chi connectivity index (χ2v) is 6.80. The van der Waals surface area contributed by atoms with Gasteiger partial charge in [0.25, 0.3) is 0 Å². The molecule has 4 nitrogen and oxygen atoms in total. The van der Waals surface area contributed by atoms with Gasteiger partial charge in [-0.1, -0.05) is 30.3 Å². The van der Waals surface area contributed by atoms with Crippen LogP contribution in [0, 0.1) is 0 Å². The van der Waals surface area contributed by atoms with Crippen LogP contribution in [0.3, 0.4) is 0 Å². The molecule has 3 rings (SSSR count). The van der Waals surface area contributed by atoms with E-state index in [0.717, 1.165) is 15.6 Å². The number of carbonyl (C=O) groups is 1. The van der Waals surface area contributed by atoms with E-state index >= 15 is 0 Å². The monoisotopic (exact) mass is 327 g/mol. The number of aliphatic hydroxyl groups is 1. The van der Waals surface area contributed by atoms with Crippen LogP contribution in [-0.4, -0.2) is 21.7 Å². The molecule has 0 aliphatic carbocycles. The summed E-state index contributed by atoms with van der Waals surface area (Å²) in [5.74, 6) is -0.733. The van der Waals surface area contributed by atoms with Crippen LogP contribution in [0.25, 0.3) is 10.1 Å². The highest BCUT2D eigenvalue weighted by Crippen LogP contribution is 2.34. The first-order valence-electron chi connectivity index (χ1n) is 7.27. The van der Waals surface area contributed by atoms with Crippen LogP contribution in [-0.2, 0) is 4.79 Å². The number of fused-ring (bicyclic) bond motifs is 1. The van der Waals surface area contributed by atoms with Gasteiger partial charge in [-0.2, -0.15) is 0 Å². The van der Waals surface area contributed by atoms with Crippen LogP contribution in [0.2, 0.25) is 0 Å². The minimum atomic E-state index is -1.23. The average molecular weight is 327 g/mol. The van der Waals surface area contributed by atoms with E-state index in [1.54, 1.807) is 31.6 Å². The third kappa shape index (κ3) is 3.25. The van der Waals surface area contributed by atoms with Gasteiger partial charge in [0.05, 0.1) is 10.3 Å². The first-order valence-corrected chi connectivity index (χ1v) is 8.15. The average Bonchev–Trinajstić information content (AvgIpc) is 2.90. The Morgan fingerprint density at radius 1 is 1.26 bits per heavy atom. The molecule has 1 N–H and O–H groups in total. The van der Waals surface area contributed by atoms with Gasteiger partial charge in [-0.05, 0) is 25.5 Å². The van der Waals surface area contributed by atoms with Gasteiger partial charge in [-0.15, -0.1) is 11.3 Å². The van der Waals surface area contributed by atoms with Crippen molar-refractivity contribution in [2.24, 2.45) is 0 Å². The molecule has 0 saturated heterocycles. The van der Waals surface area contributed by atoms with Crippen molar-refractivity contribution in [1.82, 2.24) is 4.98 Å². The Bertz CT molecular complexity index is 821. The van der Waals surface area contributed by atoms with E-state index in [2.05, 4.69) is 4.98 Å². The maximum Gasteiger partial charge on any atom is 0.321 e. The van der Waals surface area contributed by atoms with E-state index in [9.17, 15) is 9.90 Å². The Morgan fingerprint density at radius 2 is 2.00 bits per heavy atom. The van der Waals surface area contributed by atoms with Gasteiger partial charge in [0.1, 0.15) is 11.7 Å². The summed E-state index contributed by atoms with van der Waals surface area (Å²) in [7, 11) is 0. The molecule has 0 spiro atoms. The number of carbonyl (C=O) groups excluding carboxylic acids is 1. The fourth-order valence-electron chi connectivity index (χ4n) is 2.58. The summed E-state index contributed by atoms with van der Waals surface area (Å²) in [6, 6.07) is 11.0. The van der Waals surface area contributed by atoms with Gasteiger partial charge in [-0.25, -0.2) is 0 Å². The van der Waals surface area contributed by atoms with Crippen LogP contribution < -0.4 is 4.74 Å². The molecule has 2 heterocycles. The van der Waals surface area contributed by atoms with Gasteiger partial charge in [0.15, 0.2) is 0 Å². The molecule has 1 aromatic carbocycles. The Kier molecular flexibility index (Phi) is 4.15. The third-order valence-electron chi connectivity index (χ3n) is 3.63. The number of aromatic nitrogens is 1. The first kappa shape index (κ1) is 15.6. The van der Waals surface area contributed by atoms with E-state index in [-0.39, 0.29) is 0 Å². The third-order valence-corrected chi connectivity index (χ3v) is 4.54. The molecule has 2 aromatic heterocycles. The summed E-state index contributed by atoms with van der Waals surface area (Å²) in [5, 5.41) is 13.1. The second kappa shape index (κ2) is 6.10. The van der Waals surface area contributed by atoms with Crippen molar-refractivity contribution in [1.29, 1.82) is 0 Å².